The van der Waals surface area contributed by atoms with Crippen molar-refractivity contribution in [2.45, 2.75) is 13.5 Å². The number of fused-ring (bicyclic) bond motifs is 1. The van der Waals surface area contributed by atoms with Crippen molar-refractivity contribution >= 4 is 58.3 Å². The first kappa shape index (κ1) is 21.1. The number of halogens is 4. The second kappa shape index (κ2) is 8.52. The fraction of sp³-hybridized carbons (Fsp3) is 0.0870. The first-order valence-electron chi connectivity index (χ1n) is 8.92. The van der Waals surface area contributed by atoms with Crippen LogP contribution in [0.5, 0.6) is 11.5 Å². The standard InChI is InChI=1S/C23H14Cl4O3/c1-12-6-16(29-11-13-2-5-17(25)19(27)7-13)10-20-22(12)23(28)21(30-20)8-14-3-4-15(24)9-18(14)26/h2-10H,11H2,1H3/b21-8-. The number of ether oxygens (including phenoxy) is 2. The number of Topliss-reactive ketones (excluding diaryl/α,β-unsaturated/α-hetero) is 1. The van der Waals surface area contributed by atoms with Gasteiger partial charge in [-0.1, -0.05) is 58.5 Å². The Hall–Kier alpha value is -2.17. The average molecular weight is 480 g/mol. The fourth-order valence-corrected chi connectivity index (χ4v) is 3.90. The minimum absolute atomic E-state index is 0.193. The van der Waals surface area contributed by atoms with Gasteiger partial charge in [-0.25, -0.2) is 0 Å². The fourth-order valence-electron chi connectivity index (χ4n) is 3.12. The van der Waals surface area contributed by atoms with Crippen LogP contribution in [0.25, 0.3) is 6.08 Å². The molecule has 4 rings (SSSR count). The van der Waals surface area contributed by atoms with Crippen molar-refractivity contribution in [1.82, 2.24) is 0 Å². The smallest absolute Gasteiger partial charge is 0.232 e. The number of rotatable bonds is 4. The van der Waals surface area contributed by atoms with E-state index < -0.39 is 0 Å². The van der Waals surface area contributed by atoms with Crippen molar-refractivity contribution in [2.75, 3.05) is 0 Å². The van der Waals surface area contributed by atoms with Gasteiger partial charge in [0.15, 0.2) is 5.76 Å². The minimum atomic E-state index is -0.204. The first-order valence-corrected chi connectivity index (χ1v) is 10.4. The Labute approximate surface area is 193 Å². The Morgan fingerprint density at radius 3 is 2.47 bits per heavy atom. The van der Waals surface area contributed by atoms with Crippen molar-refractivity contribution in [3.63, 3.8) is 0 Å². The van der Waals surface area contributed by atoms with Gasteiger partial charge in [-0.2, -0.15) is 0 Å². The molecule has 1 heterocycles. The SMILES string of the molecule is Cc1cc(OCc2ccc(Cl)c(Cl)c2)cc2c1C(=O)/C(=C/c1ccc(Cl)cc1Cl)O2. The number of carbonyl (C=O) groups excluding carboxylic acids is 1. The third kappa shape index (κ3) is 4.30. The van der Waals surface area contributed by atoms with E-state index in [0.717, 1.165) is 11.1 Å². The Morgan fingerprint density at radius 2 is 1.73 bits per heavy atom. The molecule has 0 amide bonds. The molecule has 7 heteroatoms. The maximum atomic E-state index is 12.8. The van der Waals surface area contributed by atoms with Crippen molar-refractivity contribution < 1.29 is 14.3 Å². The van der Waals surface area contributed by atoms with E-state index in [1.807, 2.05) is 13.0 Å². The van der Waals surface area contributed by atoms with E-state index in [1.54, 1.807) is 48.5 Å². The zero-order valence-corrected chi connectivity index (χ0v) is 18.7. The molecule has 1 aliphatic rings. The highest BCUT2D eigenvalue weighted by Crippen LogP contribution is 2.38. The van der Waals surface area contributed by atoms with Gasteiger partial charge in [0, 0.05) is 16.1 Å². The summed E-state index contributed by atoms with van der Waals surface area (Å²) in [5.41, 5.74) is 2.78. The van der Waals surface area contributed by atoms with Crippen LogP contribution in [0.4, 0.5) is 0 Å². The summed E-state index contributed by atoms with van der Waals surface area (Å²) >= 11 is 24.1. The predicted octanol–water partition coefficient (Wildman–Crippen LogP) is 7.80. The van der Waals surface area contributed by atoms with Crippen LogP contribution < -0.4 is 9.47 Å². The number of aryl methyl sites for hydroxylation is 1. The lowest BCUT2D eigenvalue weighted by atomic mass is 10.0. The van der Waals surface area contributed by atoms with Gasteiger partial charge in [-0.15, -0.1) is 0 Å². The molecule has 0 atom stereocenters. The Morgan fingerprint density at radius 1 is 0.933 bits per heavy atom. The summed E-state index contributed by atoms with van der Waals surface area (Å²) in [6.07, 6.45) is 1.61. The summed E-state index contributed by atoms with van der Waals surface area (Å²) in [6.45, 7) is 2.14. The number of ketones is 1. The predicted molar refractivity (Wildman–Crippen MR) is 121 cm³/mol. The highest BCUT2D eigenvalue weighted by atomic mass is 35.5. The topological polar surface area (TPSA) is 35.5 Å². The molecule has 0 saturated heterocycles. The summed E-state index contributed by atoms with van der Waals surface area (Å²) in [5, 5.41) is 1.90. The lowest BCUT2D eigenvalue weighted by molar-refractivity contribution is 0.101. The van der Waals surface area contributed by atoms with E-state index in [2.05, 4.69) is 0 Å². The molecule has 3 nitrogen and oxygen atoms in total. The second-order valence-corrected chi connectivity index (χ2v) is 8.41. The van der Waals surface area contributed by atoms with Crippen molar-refractivity contribution in [1.29, 1.82) is 0 Å². The molecule has 0 spiro atoms. The lowest BCUT2D eigenvalue weighted by Crippen LogP contribution is -2.00. The molecular weight excluding hydrogens is 466 g/mol. The van der Waals surface area contributed by atoms with Crippen LogP contribution in [0.15, 0.2) is 54.3 Å². The molecule has 0 N–H and O–H groups in total. The molecule has 3 aromatic rings. The van der Waals surface area contributed by atoms with E-state index in [-0.39, 0.29) is 11.5 Å². The van der Waals surface area contributed by atoms with Crippen molar-refractivity contribution in [3.8, 4) is 11.5 Å². The van der Waals surface area contributed by atoms with Gasteiger partial charge in [-0.3, -0.25) is 4.79 Å². The van der Waals surface area contributed by atoms with E-state index >= 15 is 0 Å². The summed E-state index contributed by atoms with van der Waals surface area (Å²) in [5.74, 6) is 1.01. The highest BCUT2D eigenvalue weighted by molar-refractivity contribution is 6.42. The highest BCUT2D eigenvalue weighted by Gasteiger charge is 2.30. The van der Waals surface area contributed by atoms with Crippen LogP contribution in [0, 0.1) is 6.92 Å². The van der Waals surface area contributed by atoms with Gasteiger partial charge >= 0.3 is 0 Å². The van der Waals surface area contributed by atoms with Gasteiger partial charge in [0.2, 0.25) is 5.78 Å². The van der Waals surface area contributed by atoms with Gasteiger partial charge in [0.1, 0.15) is 18.1 Å². The monoisotopic (exact) mass is 478 g/mol. The third-order valence-corrected chi connectivity index (χ3v) is 5.88. The van der Waals surface area contributed by atoms with Crippen molar-refractivity contribution in [2.24, 2.45) is 0 Å². The molecule has 0 radical (unpaired) electrons. The Balaban J connectivity index is 1.57. The molecule has 1 aliphatic heterocycles. The summed E-state index contributed by atoms with van der Waals surface area (Å²) < 4.78 is 11.7. The number of allylic oxidation sites excluding steroid dienone is 1. The van der Waals surface area contributed by atoms with Gasteiger partial charge in [0.25, 0.3) is 0 Å². The van der Waals surface area contributed by atoms with E-state index in [4.69, 9.17) is 55.9 Å². The maximum absolute atomic E-state index is 12.8. The third-order valence-electron chi connectivity index (χ3n) is 4.58. The first-order chi connectivity index (χ1) is 14.3. The molecule has 0 fully saturated rings. The normalized spacial score (nSPS) is 14.0. The van der Waals surface area contributed by atoms with Crippen LogP contribution >= 0.6 is 46.4 Å². The molecule has 3 aromatic carbocycles. The lowest BCUT2D eigenvalue weighted by Gasteiger charge is -2.10. The molecular formula is C23H14Cl4O3. The summed E-state index contributed by atoms with van der Waals surface area (Å²) in [4.78, 5) is 12.8. The Kier molecular flexibility index (Phi) is 5.99. The van der Waals surface area contributed by atoms with E-state index in [0.29, 0.717) is 49.3 Å². The van der Waals surface area contributed by atoms with Gasteiger partial charge in [-0.05, 0) is 60.0 Å². The molecule has 0 saturated carbocycles. The van der Waals surface area contributed by atoms with Crippen LogP contribution in [-0.4, -0.2) is 5.78 Å². The molecule has 30 heavy (non-hydrogen) atoms. The second-order valence-electron chi connectivity index (χ2n) is 6.76. The molecule has 152 valence electrons. The minimum Gasteiger partial charge on any atom is -0.489 e. The number of carbonyl (C=O) groups is 1. The largest absolute Gasteiger partial charge is 0.489 e. The molecule has 0 aliphatic carbocycles. The van der Waals surface area contributed by atoms with Crippen molar-refractivity contribution in [3.05, 3.63) is 96.6 Å². The quantitative estimate of drug-likeness (QED) is 0.358. The van der Waals surface area contributed by atoms with Gasteiger partial charge in [0.05, 0.1) is 15.6 Å². The Bertz CT molecular complexity index is 1200. The summed E-state index contributed by atoms with van der Waals surface area (Å²) in [7, 11) is 0. The van der Waals surface area contributed by atoms with E-state index in [1.165, 1.54) is 0 Å². The average Bonchev–Trinajstić information content (AvgIpc) is 3.01. The van der Waals surface area contributed by atoms with Crippen LogP contribution in [-0.2, 0) is 6.61 Å². The zero-order valence-electron chi connectivity index (χ0n) is 15.6. The molecule has 0 bridgehead atoms. The van der Waals surface area contributed by atoms with E-state index in [9.17, 15) is 4.79 Å². The summed E-state index contributed by atoms with van der Waals surface area (Å²) in [6, 6.07) is 13.9. The maximum Gasteiger partial charge on any atom is 0.232 e. The number of hydrogen-bond acceptors (Lipinski definition) is 3. The molecule has 0 unspecified atom stereocenters. The van der Waals surface area contributed by atoms with Gasteiger partial charge < -0.3 is 9.47 Å². The van der Waals surface area contributed by atoms with Crippen LogP contribution in [0.1, 0.15) is 27.0 Å². The molecule has 0 aromatic heterocycles. The number of hydrogen-bond donors (Lipinski definition) is 0. The number of benzene rings is 3. The van der Waals surface area contributed by atoms with Crippen LogP contribution in [0.3, 0.4) is 0 Å². The zero-order chi connectivity index (χ0) is 21.4. The van der Waals surface area contributed by atoms with Crippen LogP contribution in [0.2, 0.25) is 20.1 Å².